The minimum Gasteiger partial charge on any atom is -0.330 e. The molecule has 4 rings (SSSR count). The Hall–Kier alpha value is -2.18. The molecule has 1 aliphatic heterocycles. The van der Waals surface area contributed by atoms with Crippen molar-refractivity contribution in [2.24, 2.45) is 5.73 Å². The number of hydrogen-bond acceptors (Lipinski definition) is 3. The van der Waals surface area contributed by atoms with Crippen LogP contribution in [0.2, 0.25) is 0 Å². The smallest absolute Gasteiger partial charge is 0.324 e. The number of nitrogens with two attached hydrogens (primary N) is 1. The van der Waals surface area contributed by atoms with E-state index >= 15 is 0 Å². The lowest BCUT2D eigenvalue weighted by Gasteiger charge is -2.42. The number of amides is 2. The Balaban J connectivity index is 1.44. The van der Waals surface area contributed by atoms with Gasteiger partial charge in [-0.2, -0.15) is 0 Å². The zero-order chi connectivity index (χ0) is 21.3. The van der Waals surface area contributed by atoms with Crippen molar-refractivity contribution in [3.05, 3.63) is 59.7 Å². The van der Waals surface area contributed by atoms with Crippen LogP contribution in [0, 0.1) is 6.92 Å². The van der Waals surface area contributed by atoms with E-state index in [0.717, 1.165) is 42.8 Å². The molecule has 1 aliphatic carbocycles. The molecule has 1 saturated carbocycles. The summed E-state index contributed by atoms with van der Waals surface area (Å²) in [6, 6.07) is 16.6. The molecule has 30 heavy (non-hydrogen) atoms. The first kappa shape index (κ1) is 21.1. The third kappa shape index (κ3) is 3.91. The number of benzene rings is 2. The van der Waals surface area contributed by atoms with Gasteiger partial charge in [0.05, 0.1) is 0 Å². The van der Waals surface area contributed by atoms with E-state index in [1.165, 1.54) is 11.1 Å². The Morgan fingerprint density at radius 2 is 1.80 bits per heavy atom. The third-order valence-electron chi connectivity index (χ3n) is 6.90. The summed E-state index contributed by atoms with van der Waals surface area (Å²) in [4.78, 5) is 17.8. The van der Waals surface area contributed by atoms with E-state index in [1.54, 1.807) is 6.26 Å². The molecular weight excluding hydrogens is 394 g/mol. The maximum atomic E-state index is 13.1. The van der Waals surface area contributed by atoms with Crippen molar-refractivity contribution in [1.82, 2.24) is 4.90 Å². The average molecular weight is 426 g/mol. The first-order valence-corrected chi connectivity index (χ1v) is 12.3. The highest BCUT2D eigenvalue weighted by Gasteiger charge is 2.41. The predicted octanol–water partition coefficient (Wildman–Crippen LogP) is 3.81. The summed E-state index contributed by atoms with van der Waals surface area (Å²) in [7, 11) is -1.01. The van der Waals surface area contributed by atoms with E-state index in [-0.39, 0.29) is 17.5 Å². The lowest BCUT2D eigenvalue weighted by molar-refractivity contribution is 0.156. The first-order valence-electron chi connectivity index (χ1n) is 10.7. The highest BCUT2D eigenvalue weighted by molar-refractivity contribution is 7.84. The van der Waals surface area contributed by atoms with Crippen LogP contribution in [0.15, 0.2) is 53.4 Å². The summed E-state index contributed by atoms with van der Waals surface area (Å²) < 4.78 is 11.6. The normalized spacial score (nSPS) is 25.6. The number of carbonyl (C=O) groups is 1. The molecule has 2 fully saturated rings. The molecule has 2 N–H and O–H groups in total. The lowest BCUT2D eigenvalue weighted by atomic mass is 9.68. The van der Waals surface area contributed by atoms with E-state index in [1.807, 2.05) is 34.1 Å². The zero-order valence-electron chi connectivity index (χ0n) is 17.8. The monoisotopic (exact) mass is 425 g/mol. The van der Waals surface area contributed by atoms with Gasteiger partial charge in [0, 0.05) is 58.7 Å². The number of carbonyl (C=O) groups excluding carboxylic acids is 1. The quantitative estimate of drug-likeness (QED) is 0.792. The molecule has 1 unspecified atom stereocenters. The maximum Gasteiger partial charge on any atom is 0.324 e. The van der Waals surface area contributed by atoms with Crippen LogP contribution in [-0.4, -0.2) is 47.1 Å². The summed E-state index contributed by atoms with van der Waals surface area (Å²) in [5, 5.41) is 0. The second-order valence-corrected chi connectivity index (χ2v) is 10.0. The van der Waals surface area contributed by atoms with Gasteiger partial charge in [0.15, 0.2) is 0 Å². The molecule has 0 spiro atoms. The second kappa shape index (κ2) is 8.52. The van der Waals surface area contributed by atoms with Crippen molar-refractivity contribution in [2.45, 2.75) is 49.0 Å². The predicted molar refractivity (Wildman–Crippen MR) is 122 cm³/mol. The van der Waals surface area contributed by atoms with Crippen molar-refractivity contribution in [2.75, 3.05) is 30.8 Å². The van der Waals surface area contributed by atoms with Crippen molar-refractivity contribution < 1.29 is 9.00 Å². The lowest BCUT2D eigenvalue weighted by Crippen LogP contribution is -2.46. The molecule has 0 bridgehead atoms. The molecule has 0 aromatic heterocycles. The Morgan fingerprint density at radius 1 is 1.10 bits per heavy atom. The number of rotatable bonds is 5. The van der Waals surface area contributed by atoms with E-state index in [4.69, 9.17) is 5.73 Å². The molecule has 6 heteroatoms. The van der Waals surface area contributed by atoms with Crippen LogP contribution in [-0.2, 0) is 16.2 Å². The fraction of sp³-hybridized carbons (Fsp3) is 0.458. The Bertz CT molecular complexity index is 936. The van der Waals surface area contributed by atoms with E-state index < -0.39 is 10.8 Å². The van der Waals surface area contributed by atoms with Gasteiger partial charge in [-0.1, -0.05) is 29.8 Å². The largest absolute Gasteiger partial charge is 0.330 e. The number of urea groups is 1. The molecule has 2 amide bonds. The molecule has 2 aliphatic rings. The van der Waals surface area contributed by atoms with Crippen LogP contribution < -0.4 is 10.6 Å². The second-order valence-electron chi connectivity index (χ2n) is 8.66. The fourth-order valence-corrected chi connectivity index (χ4v) is 5.52. The van der Waals surface area contributed by atoms with Crippen molar-refractivity contribution in [1.29, 1.82) is 0 Å². The Morgan fingerprint density at radius 3 is 2.40 bits per heavy atom. The number of anilines is 1. The van der Waals surface area contributed by atoms with Gasteiger partial charge in [0.25, 0.3) is 0 Å². The molecular formula is C24H31N3O2S. The summed E-state index contributed by atoms with van der Waals surface area (Å²) >= 11 is 0. The summed E-state index contributed by atoms with van der Waals surface area (Å²) in [5.41, 5.74) is 9.78. The molecule has 2 aromatic rings. The summed E-state index contributed by atoms with van der Waals surface area (Å²) in [6.45, 7) is 4.23. The topological polar surface area (TPSA) is 66.6 Å². The van der Waals surface area contributed by atoms with Crippen LogP contribution >= 0.6 is 0 Å². The highest BCUT2D eigenvalue weighted by atomic mass is 32.2. The SMILES string of the molecule is Cc1cccc(C2(CN)CCC(N3CCN(c4ccc(S(C)=O)cc4)C3=O)CC2)c1. The molecule has 1 atom stereocenters. The summed E-state index contributed by atoms with van der Waals surface area (Å²) in [5.74, 6) is 0. The van der Waals surface area contributed by atoms with Crippen LogP contribution in [0.1, 0.15) is 36.8 Å². The van der Waals surface area contributed by atoms with Crippen LogP contribution in [0.4, 0.5) is 10.5 Å². The molecule has 5 nitrogen and oxygen atoms in total. The van der Waals surface area contributed by atoms with Gasteiger partial charge >= 0.3 is 6.03 Å². The summed E-state index contributed by atoms with van der Waals surface area (Å²) in [6.07, 6.45) is 5.66. The van der Waals surface area contributed by atoms with Crippen molar-refractivity contribution in [3.63, 3.8) is 0 Å². The molecule has 160 valence electrons. The van der Waals surface area contributed by atoms with Crippen LogP contribution in [0.25, 0.3) is 0 Å². The maximum absolute atomic E-state index is 13.1. The van der Waals surface area contributed by atoms with E-state index in [0.29, 0.717) is 13.1 Å². The van der Waals surface area contributed by atoms with Crippen molar-refractivity contribution in [3.8, 4) is 0 Å². The number of aryl methyl sites for hydroxylation is 1. The fourth-order valence-electron chi connectivity index (χ4n) is 5.00. The Kier molecular flexibility index (Phi) is 5.98. The molecule has 1 heterocycles. The van der Waals surface area contributed by atoms with Gasteiger partial charge in [0.1, 0.15) is 0 Å². The van der Waals surface area contributed by atoms with E-state index in [2.05, 4.69) is 31.2 Å². The van der Waals surface area contributed by atoms with Gasteiger partial charge in [-0.15, -0.1) is 0 Å². The van der Waals surface area contributed by atoms with E-state index in [9.17, 15) is 9.00 Å². The minimum atomic E-state index is -1.01. The van der Waals surface area contributed by atoms with Gasteiger partial charge in [-0.3, -0.25) is 9.11 Å². The Labute approximate surface area is 181 Å². The molecule has 0 radical (unpaired) electrons. The first-order chi connectivity index (χ1) is 14.4. The van der Waals surface area contributed by atoms with Crippen LogP contribution in [0.5, 0.6) is 0 Å². The highest BCUT2D eigenvalue weighted by Crippen LogP contribution is 2.41. The molecule has 1 saturated heterocycles. The molecule has 2 aromatic carbocycles. The average Bonchev–Trinajstić information content (AvgIpc) is 3.15. The standard InChI is InChI=1S/C24H31N3O2S/c1-18-4-3-5-19(16-18)24(17-25)12-10-21(11-13-24)27-15-14-26(23(27)28)20-6-8-22(9-7-20)30(2)29/h3-9,16,21H,10-15,17,25H2,1-2H3. The van der Waals surface area contributed by atoms with Gasteiger partial charge < -0.3 is 10.6 Å². The third-order valence-corrected chi connectivity index (χ3v) is 7.83. The number of nitrogens with zero attached hydrogens (tertiary/aromatic N) is 2. The van der Waals surface area contributed by atoms with Gasteiger partial charge in [-0.25, -0.2) is 4.79 Å². The zero-order valence-corrected chi connectivity index (χ0v) is 18.7. The van der Waals surface area contributed by atoms with Crippen LogP contribution in [0.3, 0.4) is 0 Å². The van der Waals surface area contributed by atoms with Crippen molar-refractivity contribution >= 4 is 22.5 Å². The number of hydrogen-bond donors (Lipinski definition) is 1. The minimum absolute atomic E-state index is 0.0244. The van der Waals surface area contributed by atoms with Gasteiger partial charge in [-0.05, 0) is 62.4 Å². The van der Waals surface area contributed by atoms with Gasteiger partial charge in [0.2, 0.25) is 0 Å².